The lowest BCUT2D eigenvalue weighted by molar-refractivity contribution is -0.122. The molecule has 2 amide bonds. The van der Waals surface area contributed by atoms with Crippen LogP contribution in [-0.2, 0) is 11.4 Å². The van der Waals surface area contributed by atoms with Crippen LogP contribution in [0.2, 0.25) is 0 Å². The number of unbranched alkanes of at least 4 members (excludes halogenated alkanes) is 6. The van der Waals surface area contributed by atoms with E-state index in [-0.39, 0.29) is 23.9 Å². The van der Waals surface area contributed by atoms with Crippen LogP contribution in [0.3, 0.4) is 0 Å². The summed E-state index contributed by atoms with van der Waals surface area (Å²) in [6, 6.07) is 7.81. The molecule has 0 radical (unpaired) electrons. The highest BCUT2D eigenvalue weighted by atomic mass is 32.1. The number of nitrogens with zero attached hydrogens (tertiary/aromatic N) is 1. The number of ether oxygens (including phenoxy) is 1. The van der Waals surface area contributed by atoms with Crippen LogP contribution in [0.15, 0.2) is 29.6 Å². The van der Waals surface area contributed by atoms with Crippen molar-refractivity contribution in [2.24, 2.45) is 0 Å². The second-order valence-corrected chi connectivity index (χ2v) is 10.6. The van der Waals surface area contributed by atoms with Gasteiger partial charge in [0.1, 0.15) is 23.1 Å². The molecule has 7 heteroatoms. The van der Waals surface area contributed by atoms with Gasteiger partial charge in [-0.25, -0.2) is 4.98 Å². The van der Waals surface area contributed by atoms with Gasteiger partial charge >= 0.3 is 0 Å². The highest BCUT2D eigenvalue weighted by Crippen LogP contribution is 2.21. The molecule has 1 heterocycles. The van der Waals surface area contributed by atoms with Gasteiger partial charge in [0.05, 0.1) is 0 Å². The molecule has 1 saturated carbocycles. The molecule has 192 valence electrons. The quantitative estimate of drug-likeness (QED) is 0.298. The summed E-state index contributed by atoms with van der Waals surface area (Å²) in [5.41, 5.74) is 1.59. The van der Waals surface area contributed by atoms with Crippen LogP contribution in [0, 0.1) is 6.92 Å². The fourth-order valence-electron chi connectivity index (χ4n) is 4.50. The van der Waals surface area contributed by atoms with Crippen molar-refractivity contribution in [2.45, 2.75) is 110 Å². The van der Waals surface area contributed by atoms with Crippen molar-refractivity contribution in [1.82, 2.24) is 15.6 Å². The minimum Gasteiger partial charge on any atom is -0.486 e. The van der Waals surface area contributed by atoms with E-state index in [9.17, 15) is 9.59 Å². The van der Waals surface area contributed by atoms with Crippen LogP contribution in [-0.4, -0.2) is 28.9 Å². The summed E-state index contributed by atoms with van der Waals surface area (Å²) in [4.78, 5) is 29.8. The Bertz CT molecular complexity index is 912. The second kappa shape index (κ2) is 14.9. The first kappa shape index (κ1) is 27.2. The van der Waals surface area contributed by atoms with Crippen molar-refractivity contribution in [3.05, 3.63) is 45.9 Å². The molecule has 0 spiro atoms. The third kappa shape index (κ3) is 9.63. The molecule has 1 aromatic heterocycles. The van der Waals surface area contributed by atoms with Crippen molar-refractivity contribution in [3.63, 3.8) is 0 Å². The number of nitrogens with one attached hydrogen (secondary N) is 2. The van der Waals surface area contributed by atoms with Gasteiger partial charge in [-0.1, -0.05) is 76.0 Å². The van der Waals surface area contributed by atoms with Crippen molar-refractivity contribution >= 4 is 23.2 Å². The molecule has 0 saturated heterocycles. The molecular weight excluding hydrogens is 458 g/mol. The Balaban J connectivity index is 1.41. The predicted octanol–water partition coefficient (Wildman–Crippen LogP) is 6.33. The third-order valence-corrected chi connectivity index (χ3v) is 7.43. The summed E-state index contributed by atoms with van der Waals surface area (Å²) in [7, 11) is 0. The number of amides is 2. The maximum absolute atomic E-state index is 12.9. The Morgan fingerprint density at radius 3 is 2.34 bits per heavy atom. The highest BCUT2D eigenvalue weighted by molar-refractivity contribution is 7.09. The van der Waals surface area contributed by atoms with Crippen LogP contribution in [0.4, 0.5) is 0 Å². The fraction of sp³-hybridized carbons (Fsp3) is 0.607. The van der Waals surface area contributed by atoms with E-state index < -0.39 is 0 Å². The molecule has 3 rings (SSSR count). The standard InChI is InChI=1S/C28H41N3O3S/c1-3-4-5-6-7-8-9-14-26(32)29-23-12-10-11-13-24(23)31-28(33)25-20-35-27(30-25)19-34-22-17-15-21(2)16-18-22/h15-18,20,23-24H,3-14,19H2,1-2H3,(H,29,32)(H,31,33)/t23-,24+/m0/s1. The van der Waals surface area contributed by atoms with E-state index in [1.165, 1.54) is 49.0 Å². The lowest BCUT2D eigenvalue weighted by Gasteiger charge is -2.32. The fourth-order valence-corrected chi connectivity index (χ4v) is 5.19. The zero-order valence-electron chi connectivity index (χ0n) is 21.3. The number of aromatic nitrogens is 1. The first-order chi connectivity index (χ1) is 17.0. The Kier molecular flexibility index (Phi) is 11.5. The van der Waals surface area contributed by atoms with Crippen molar-refractivity contribution in [3.8, 4) is 5.75 Å². The van der Waals surface area contributed by atoms with Gasteiger partial charge in [-0.3, -0.25) is 9.59 Å². The summed E-state index contributed by atoms with van der Waals surface area (Å²) >= 11 is 1.42. The molecule has 1 aliphatic rings. The molecule has 1 fully saturated rings. The maximum Gasteiger partial charge on any atom is 0.271 e. The minimum absolute atomic E-state index is 0.00673. The van der Waals surface area contributed by atoms with Gasteiger partial charge in [0.15, 0.2) is 0 Å². The van der Waals surface area contributed by atoms with Crippen LogP contribution in [0.1, 0.15) is 105 Å². The number of carbonyl (C=O) groups excluding carboxylic acids is 2. The van der Waals surface area contributed by atoms with Gasteiger partial charge in [0, 0.05) is 23.9 Å². The molecule has 2 atom stereocenters. The Morgan fingerprint density at radius 2 is 1.63 bits per heavy atom. The van der Waals surface area contributed by atoms with E-state index in [0.29, 0.717) is 18.7 Å². The largest absolute Gasteiger partial charge is 0.486 e. The molecule has 2 N–H and O–H groups in total. The van der Waals surface area contributed by atoms with E-state index in [1.807, 2.05) is 31.2 Å². The zero-order valence-corrected chi connectivity index (χ0v) is 22.1. The summed E-state index contributed by atoms with van der Waals surface area (Å²) in [6.45, 7) is 4.60. The Morgan fingerprint density at radius 1 is 0.971 bits per heavy atom. The molecule has 0 bridgehead atoms. The van der Waals surface area contributed by atoms with Crippen molar-refractivity contribution < 1.29 is 14.3 Å². The van der Waals surface area contributed by atoms with Crippen LogP contribution < -0.4 is 15.4 Å². The molecule has 0 unspecified atom stereocenters. The summed E-state index contributed by atoms with van der Waals surface area (Å²) < 4.78 is 5.78. The minimum atomic E-state index is -0.180. The van der Waals surface area contributed by atoms with Crippen molar-refractivity contribution in [2.75, 3.05) is 0 Å². The summed E-state index contributed by atoms with van der Waals surface area (Å²) in [5, 5.41) is 8.86. The third-order valence-electron chi connectivity index (χ3n) is 6.60. The molecule has 1 aliphatic carbocycles. The van der Waals surface area contributed by atoms with Gasteiger partial charge in [0.25, 0.3) is 5.91 Å². The van der Waals surface area contributed by atoms with E-state index >= 15 is 0 Å². The van der Waals surface area contributed by atoms with Crippen LogP contribution >= 0.6 is 11.3 Å². The normalized spacial score (nSPS) is 17.7. The molecule has 35 heavy (non-hydrogen) atoms. The maximum atomic E-state index is 12.9. The first-order valence-corrected chi connectivity index (χ1v) is 14.2. The van der Waals surface area contributed by atoms with Gasteiger partial charge in [-0.2, -0.15) is 0 Å². The average molecular weight is 500 g/mol. The van der Waals surface area contributed by atoms with E-state index in [4.69, 9.17) is 4.74 Å². The lowest BCUT2D eigenvalue weighted by atomic mass is 9.90. The first-order valence-electron chi connectivity index (χ1n) is 13.3. The SMILES string of the molecule is CCCCCCCCCC(=O)N[C@H]1CCCC[C@H]1NC(=O)c1csc(COc2ccc(C)cc2)n1. The Hall–Kier alpha value is -2.41. The zero-order chi connectivity index (χ0) is 24.9. The number of benzene rings is 1. The van der Waals surface area contributed by atoms with Crippen molar-refractivity contribution in [1.29, 1.82) is 0 Å². The predicted molar refractivity (Wildman–Crippen MR) is 142 cm³/mol. The summed E-state index contributed by atoms with van der Waals surface area (Å²) in [5.74, 6) is 0.712. The number of hydrogen-bond donors (Lipinski definition) is 2. The molecule has 6 nitrogen and oxygen atoms in total. The number of rotatable bonds is 14. The molecule has 2 aromatic rings. The highest BCUT2D eigenvalue weighted by Gasteiger charge is 2.28. The molecular formula is C28H41N3O3S. The van der Waals surface area contributed by atoms with Crippen LogP contribution in [0.25, 0.3) is 0 Å². The van der Waals surface area contributed by atoms with E-state index in [0.717, 1.165) is 49.3 Å². The average Bonchev–Trinajstić information content (AvgIpc) is 3.34. The summed E-state index contributed by atoms with van der Waals surface area (Å²) in [6.07, 6.45) is 12.9. The van der Waals surface area contributed by atoms with Gasteiger partial charge < -0.3 is 15.4 Å². The van der Waals surface area contributed by atoms with Gasteiger partial charge in [0.2, 0.25) is 5.91 Å². The number of carbonyl (C=O) groups is 2. The van der Waals surface area contributed by atoms with Crippen LogP contribution in [0.5, 0.6) is 5.75 Å². The van der Waals surface area contributed by atoms with Gasteiger partial charge in [-0.15, -0.1) is 11.3 Å². The Labute approximate surface area is 214 Å². The van der Waals surface area contributed by atoms with E-state index in [2.05, 4.69) is 22.5 Å². The number of aryl methyl sites for hydroxylation is 1. The monoisotopic (exact) mass is 499 g/mol. The smallest absolute Gasteiger partial charge is 0.271 e. The van der Waals surface area contributed by atoms with Gasteiger partial charge in [-0.05, 0) is 38.3 Å². The molecule has 0 aliphatic heterocycles. The van der Waals surface area contributed by atoms with E-state index in [1.54, 1.807) is 5.38 Å². The second-order valence-electron chi connectivity index (χ2n) is 9.64. The number of hydrogen-bond acceptors (Lipinski definition) is 5. The lowest BCUT2D eigenvalue weighted by Crippen LogP contribution is -2.53. The topological polar surface area (TPSA) is 80.3 Å². The molecule has 1 aromatic carbocycles. The number of thiazole rings is 1.